The molecular weight excluding hydrogens is 456 g/mol. The number of carbonyl (C=O) groups is 1. The summed E-state index contributed by atoms with van der Waals surface area (Å²) in [7, 11) is 0. The lowest BCUT2D eigenvalue weighted by Crippen LogP contribution is -2.60. The van der Waals surface area contributed by atoms with E-state index in [0.717, 1.165) is 63.5 Å². The molecule has 0 aliphatic carbocycles. The van der Waals surface area contributed by atoms with Crippen molar-refractivity contribution < 1.29 is 24.7 Å². The van der Waals surface area contributed by atoms with E-state index in [1.54, 1.807) is 0 Å². The molecule has 2 heterocycles. The van der Waals surface area contributed by atoms with Gasteiger partial charge in [0.15, 0.2) is 0 Å². The van der Waals surface area contributed by atoms with E-state index in [9.17, 15) is 15.2 Å². The Morgan fingerprint density at radius 2 is 1.00 bits per heavy atom. The van der Waals surface area contributed by atoms with Gasteiger partial charge in [-0.3, -0.25) is 4.79 Å². The van der Waals surface area contributed by atoms with Gasteiger partial charge in [0, 0.05) is 60.7 Å². The van der Waals surface area contributed by atoms with Crippen molar-refractivity contribution in [2.75, 3.05) is 0 Å². The van der Waals surface area contributed by atoms with Gasteiger partial charge in [0.2, 0.25) is 0 Å². The molecule has 7 heteroatoms. The molecule has 2 rings (SSSR count). The molecule has 2 aliphatic heterocycles. The first-order chi connectivity index (χ1) is 16.5. The highest BCUT2D eigenvalue weighted by atomic mass is 16.5. The topological polar surface area (TPSA) is 82.5 Å². The minimum atomic E-state index is -0.409. The number of hydrogen-bond acceptors (Lipinski definition) is 7. The number of unbranched alkanes of at least 4 members (excludes halogenated alkanes) is 5. The van der Waals surface area contributed by atoms with Crippen LogP contribution in [0, 0.1) is 0 Å². The highest BCUT2D eigenvalue weighted by molar-refractivity contribution is 5.69. The number of allylic oxidation sites excluding steroid dienone is 1. The summed E-state index contributed by atoms with van der Waals surface area (Å²) in [6.07, 6.45) is 10.4. The maximum absolute atomic E-state index is 12.3. The van der Waals surface area contributed by atoms with Gasteiger partial charge < -0.3 is 19.9 Å². The van der Waals surface area contributed by atoms with Crippen LogP contribution in [0.4, 0.5) is 0 Å². The highest BCUT2D eigenvalue weighted by Gasteiger charge is 2.47. The molecule has 2 saturated heterocycles. The Bertz CT molecular complexity index is 648. The Morgan fingerprint density at radius 3 is 1.42 bits per heavy atom. The average Bonchev–Trinajstić information content (AvgIpc) is 2.71. The monoisotopic (exact) mass is 510 g/mol. The van der Waals surface area contributed by atoms with E-state index in [-0.39, 0.29) is 29.3 Å². The second-order valence-electron chi connectivity index (χ2n) is 13.7. The molecule has 2 N–H and O–H groups in total. The predicted octanol–water partition coefficient (Wildman–Crippen LogP) is 7.00. The fourth-order valence-corrected chi connectivity index (χ4v) is 6.36. The highest BCUT2D eigenvalue weighted by Crippen LogP contribution is 2.39. The Morgan fingerprint density at radius 1 is 0.667 bits per heavy atom. The molecule has 36 heavy (non-hydrogen) atoms. The van der Waals surface area contributed by atoms with E-state index >= 15 is 0 Å². The lowest BCUT2D eigenvalue weighted by molar-refractivity contribution is -0.259. The summed E-state index contributed by atoms with van der Waals surface area (Å²) in [5.74, 6) is 0.726. The minimum Gasteiger partial charge on any atom is -0.495 e. The number of nitrogens with zero attached hydrogens (tertiary/aromatic N) is 2. The number of rotatable bonds is 12. The second kappa shape index (κ2) is 12.1. The summed E-state index contributed by atoms with van der Waals surface area (Å²) in [5.41, 5.74) is -1.45. The van der Waals surface area contributed by atoms with Crippen LogP contribution >= 0.6 is 0 Å². The molecule has 0 amide bonds. The molecule has 0 saturated carbocycles. The van der Waals surface area contributed by atoms with Crippen LogP contribution in [-0.2, 0) is 14.3 Å². The number of hydrogen-bond donors (Lipinski definition) is 2. The summed E-state index contributed by atoms with van der Waals surface area (Å²) in [4.78, 5) is 12.3. The zero-order valence-corrected chi connectivity index (χ0v) is 24.4. The minimum absolute atomic E-state index is 0.0824. The van der Waals surface area contributed by atoms with Crippen molar-refractivity contribution >= 4 is 5.97 Å². The fraction of sp³-hybridized carbons (Fsp3) is 0.897. The molecule has 0 bridgehead atoms. The van der Waals surface area contributed by atoms with Crippen LogP contribution in [0.1, 0.15) is 132 Å². The molecule has 210 valence electrons. The lowest BCUT2D eigenvalue weighted by Gasteiger charge is -2.51. The lowest BCUT2D eigenvalue weighted by atomic mass is 9.80. The number of hydroxylamine groups is 4. The molecule has 2 fully saturated rings. The third-order valence-corrected chi connectivity index (χ3v) is 7.92. The number of esters is 1. The molecule has 0 atom stereocenters. The summed E-state index contributed by atoms with van der Waals surface area (Å²) in [6, 6.07) is 0. The van der Waals surface area contributed by atoms with Crippen LogP contribution in [0.25, 0.3) is 0 Å². The van der Waals surface area contributed by atoms with E-state index < -0.39 is 11.1 Å². The Kier molecular flexibility index (Phi) is 10.5. The fourth-order valence-electron chi connectivity index (χ4n) is 6.36. The van der Waals surface area contributed by atoms with Crippen LogP contribution in [0.15, 0.2) is 12.3 Å². The number of carbonyl (C=O) groups excluding carboxylic acids is 1. The molecule has 0 unspecified atom stereocenters. The van der Waals surface area contributed by atoms with Gasteiger partial charge in [0.1, 0.15) is 12.2 Å². The van der Waals surface area contributed by atoms with Crippen molar-refractivity contribution in [1.82, 2.24) is 10.1 Å². The van der Waals surface area contributed by atoms with Crippen LogP contribution in [0.2, 0.25) is 0 Å². The molecule has 2 aliphatic rings. The zero-order chi connectivity index (χ0) is 27.4. The van der Waals surface area contributed by atoms with E-state index in [2.05, 4.69) is 6.58 Å². The van der Waals surface area contributed by atoms with Crippen molar-refractivity contribution in [3.05, 3.63) is 12.3 Å². The third kappa shape index (κ3) is 8.71. The summed E-state index contributed by atoms with van der Waals surface area (Å²) < 4.78 is 11.9. The quantitative estimate of drug-likeness (QED) is 0.166. The molecule has 0 spiro atoms. The van der Waals surface area contributed by atoms with Gasteiger partial charge in [-0.1, -0.05) is 32.3 Å². The summed E-state index contributed by atoms with van der Waals surface area (Å²) in [5, 5.41) is 23.7. The Labute approximate surface area is 220 Å². The summed E-state index contributed by atoms with van der Waals surface area (Å²) in [6.45, 7) is 20.3. The van der Waals surface area contributed by atoms with Gasteiger partial charge in [-0.2, -0.15) is 10.1 Å². The van der Waals surface area contributed by atoms with Gasteiger partial charge in [-0.05, 0) is 68.2 Å². The maximum Gasteiger partial charge on any atom is 0.306 e. The van der Waals surface area contributed by atoms with Crippen LogP contribution < -0.4 is 0 Å². The normalized spacial score (nSPS) is 24.4. The zero-order valence-electron chi connectivity index (χ0n) is 24.4. The van der Waals surface area contributed by atoms with E-state index in [0.29, 0.717) is 19.3 Å². The Balaban J connectivity index is 1.54. The molecule has 7 nitrogen and oxygen atoms in total. The smallest absolute Gasteiger partial charge is 0.306 e. The van der Waals surface area contributed by atoms with E-state index in [1.807, 2.05) is 55.4 Å². The molecule has 0 aromatic rings. The van der Waals surface area contributed by atoms with Gasteiger partial charge in [-0.15, -0.1) is 0 Å². The summed E-state index contributed by atoms with van der Waals surface area (Å²) >= 11 is 0. The van der Waals surface area contributed by atoms with Gasteiger partial charge in [-0.25, -0.2) is 0 Å². The molecule has 0 radical (unpaired) electrons. The third-order valence-electron chi connectivity index (χ3n) is 7.92. The van der Waals surface area contributed by atoms with Gasteiger partial charge in [0.25, 0.3) is 0 Å². The molecule has 0 aromatic carbocycles. The van der Waals surface area contributed by atoms with Crippen LogP contribution in [0.3, 0.4) is 0 Å². The molecular formula is C29H54N2O5. The van der Waals surface area contributed by atoms with E-state index in [4.69, 9.17) is 9.47 Å². The SMILES string of the molecule is C=C(CCCCCCCCC(=O)OC1CC(C)(C)N(O)C(C)(C)C1)OC1CC(C)(C)N(O)C(C)(C)C1. The first-order valence-electron chi connectivity index (χ1n) is 14.0. The van der Waals surface area contributed by atoms with E-state index in [1.165, 1.54) is 10.1 Å². The van der Waals surface area contributed by atoms with Gasteiger partial charge >= 0.3 is 5.97 Å². The van der Waals surface area contributed by atoms with Crippen molar-refractivity contribution in [1.29, 1.82) is 0 Å². The first kappa shape index (κ1) is 31.1. The number of ether oxygens (including phenoxy) is 2. The first-order valence-corrected chi connectivity index (χ1v) is 14.0. The number of piperidine rings is 2. The van der Waals surface area contributed by atoms with Crippen molar-refractivity contribution in [3.63, 3.8) is 0 Å². The van der Waals surface area contributed by atoms with Crippen molar-refractivity contribution in [2.45, 2.75) is 167 Å². The van der Waals surface area contributed by atoms with Crippen LogP contribution in [-0.4, -0.2) is 60.9 Å². The maximum atomic E-state index is 12.3. The second-order valence-corrected chi connectivity index (χ2v) is 13.7. The van der Waals surface area contributed by atoms with Crippen molar-refractivity contribution in [3.8, 4) is 0 Å². The van der Waals surface area contributed by atoms with Crippen LogP contribution in [0.5, 0.6) is 0 Å². The molecule has 0 aromatic heterocycles. The van der Waals surface area contributed by atoms with Crippen molar-refractivity contribution in [2.24, 2.45) is 0 Å². The predicted molar refractivity (Wildman–Crippen MR) is 143 cm³/mol. The largest absolute Gasteiger partial charge is 0.495 e. The standard InChI is InChI=1S/C29H54N2O5/c1-22(35-23-18-26(2,3)30(33)27(4,5)19-23)16-14-12-10-11-13-15-17-25(32)36-24-20-28(6,7)31(34)29(8,9)21-24/h23-24,33-34H,1,10-21H2,2-9H3. The average molecular weight is 511 g/mol. The Hall–Kier alpha value is -1.15. The van der Waals surface area contributed by atoms with Gasteiger partial charge in [0.05, 0.1) is 5.76 Å².